The van der Waals surface area contributed by atoms with Crippen molar-refractivity contribution in [3.05, 3.63) is 159 Å². The maximum absolute atomic E-state index is 6.53. The number of rotatable bonds is 12. The third-order valence-corrected chi connectivity index (χ3v) is 9.84. The van der Waals surface area contributed by atoms with Gasteiger partial charge in [0.05, 0.1) is 21.3 Å². The number of hydrogen-bond donors (Lipinski definition) is 3. The zero-order valence-corrected chi connectivity index (χ0v) is 30.8. The summed E-state index contributed by atoms with van der Waals surface area (Å²) in [6.07, 6.45) is 1.79. The molecule has 0 heterocycles. The van der Waals surface area contributed by atoms with Crippen LogP contribution in [0, 0.1) is 0 Å². The lowest BCUT2D eigenvalue weighted by atomic mass is 9.94. The highest BCUT2D eigenvalue weighted by Crippen LogP contribution is 2.44. The fourth-order valence-electron chi connectivity index (χ4n) is 6.92. The van der Waals surface area contributed by atoms with Crippen molar-refractivity contribution in [1.29, 1.82) is 0 Å². The van der Waals surface area contributed by atoms with Gasteiger partial charge in [-0.3, -0.25) is 0 Å². The van der Waals surface area contributed by atoms with E-state index >= 15 is 0 Å². The first-order valence-electron chi connectivity index (χ1n) is 17.9. The Kier molecular flexibility index (Phi) is 11.0. The molecule has 0 amide bonds. The van der Waals surface area contributed by atoms with Crippen LogP contribution in [0.4, 0.5) is 0 Å². The second-order valence-electron chi connectivity index (χ2n) is 13.1. The van der Waals surface area contributed by atoms with E-state index in [0.29, 0.717) is 90.6 Å². The first kappa shape index (κ1) is 36.4. The Bertz CT molecular complexity index is 2030. The van der Waals surface area contributed by atoms with Gasteiger partial charge in [0.25, 0.3) is 0 Å². The standard InChI is InChI=1S/C45H45N3O6/c1-49-40-19-31-16-35-23-44(53-38-14-8-5-11-29(38)26-47)42(51-3)21-33(35)18-36-24-45(54-39-15-9-6-12-30(39)27-48)41(50-2)20-32(36)17-34(31)22-43(40)52-37-13-7-4-10-28(37)25-46/h4-15,19-24H,16-18,25-27,46-48H2,1-3H3. The van der Waals surface area contributed by atoms with Crippen LogP contribution < -0.4 is 45.6 Å². The van der Waals surface area contributed by atoms with Crippen LogP contribution >= 0.6 is 0 Å². The summed E-state index contributed by atoms with van der Waals surface area (Å²) in [6.45, 7) is 1.03. The highest BCUT2D eigenvalue weighted by molar-refractivity contribution is 5.60. The maximum atomic E-state index is 6.53. The molecule has 1 aliphatic carbocycles. The molecule has 0 aliphatic heterocycles. The molecule has 6 aromatic rings. The van der Waals surface area contributed by atoms with Gasteiger partial charge in [-0.15, -0.1) is 0 Å². The lowest BCUT2D eigenvalue weighted by Crippen LogP contribution is -2.04. The minimum Gasteiger partial charge on any atom is -0.493 e. The van der Waals surface area contributed by atoms with Gasteiger partial charge >= 0.3 is 0 Å². The lowest BCUT2D eigenvalue weighted by Gasteiger charge is -2.19. The average molecular weight is 724 g/mol. The highest BCUT2D eigenvalue weighted by atomic mass is 16.5. The number of methoxy groups -OCH3 is 3. The number of para-hydroxylation sites is 3. The van der Waals surface area contributed by atoms with Crippen LogP contribution in [0.15, 0.2) is 109 Å². The van der Waals surface area contributed by atoms with Crippen LogP contribution in [0.25, 0.3) is 0 Å². The van der Waals surface area contributed by atoms with E-state index in [0.717, 1.165) is 50.1 Å². The molecule has 1 aliphatic rings. The fraction of sp³-hybridized carbons (Fsp3) is 0.200. The van der Waals surface area contributed by atoms with Gasteiger partial charge in [0.15, 0.2) is 34.5 Å². The largest absolute Gasteiger partial charge is 0.493 e. The summed E-state index contributed by atoms with van der Waals surface area (Å²) in [7, 11) is 4.97. The molecule has 276 valence electrons. The zero-order valence-electron chi connectivity index (χ0n) is 30.8. The summed E-state index contributed by atoms with van der Waals surface area (Å²) in [5, 5.41) is 0. The maximum Gasteiger partial charge on any atom is 0.169 e. The Morgan fingerprint density at radius 1 is 0.352 bits per heavy atom. The first-order chi connectivity index (χ1) is 26.4. The fourth-order valence-corrected chi connectivity index (χ4v) is 6.92. The highest BCUT2D eigenvalue weighted by Gasteiger charge is 2.24. The van der Waals surface area contributed by atoms with Crippen LogP contribution in [0.5, 0.6) is 51.7 Å². The summed E-state index contributed by atoms with van der Waals surface area (Å²) in [5.74, 6) is 5.68. The predicted octanol–water partition coefficient (Wildman–Crippen LogP) is 8.55. The Labute approximate surface area is 316 Å². The molecular weight excluding hydrogens is 679 g/mol. The molecule has 0 saturated heterocycles. The number of fused-ring (bicyclic) bond motifs is 3. The molecule has 54 heavy (non-hydrogen) atoms. The van der Waals surface area contributed by atoms with E-state index in [1.54, 1.807) is 21.3 Å². The molecule has 6 N–H and O–H groups in total. The second kappa shape index (κ2) is 16.3. The summed E-state index contributed by atoms with van der Waals surface area (Å²) >= 11 is 0. The number of hydrogen-bond acceptors (Lipinski definition) is 9. The van der Waals surface area contributed by atoms with Crippen molar-refractivity contribution in [1.82, 2.24) is 0 Å². The molecule has 0 radical (unpaired) electrons. The normalized spacial score (nSPS) is 11.9. The van der Waals surface area contributed by atoms with E-state index < -0.39 is 0 Å². The smallest absolute Gasteiger partial charge is 0.169 e. The van der Waals surface area contributed by atoms with E-state index in [9.17, 15) is 0 Å². The molecule has 9 heteroatoms. The van der Waals surface area contributed by atoms with E-state index in [-0.39, 0.29) is 0 Å². The van der Waals surface area contributed by atoms with Crippen molar-refractivity contribution in [2.45, 2.75) is 38.9 Å². The number of ether oxygens (including phenoxy) is 6. The Morgan fingerprint density at radius 2 is 0.593 bits per heavy atom. The summed E-state index contributed by atoms with van der Waals surface area (Å²) in [4.78, 5) is 0. The number of benzene rings is 6. The summed E-state index contributed by atoms with van der Waals surface area (Å²) in [5.41, 5.74) is 27.4. The van der Waals surface area contributed by atoms with Crippen molar-refractivity contribution >= 4 is 0 Å². The van der Waals surface area contributed by atoms with E-state index in [1.807, 2.05) is 72.8 Å². The van der Waals surface area contributed by atoms with Gasteiger partial charge in [-0.1, -0.05) is 54.6 Å². The molecule has 0 spiro atoms. The van der Waals surface area contributed by atoms with E-state index in [1.165, 1.54) is 0 Å². The van der Waals surface area contributed by atoms with Gasteiger partial charge < -0.3 is 45.6 Å². The Hall–Kier alpha value is -6.00. The molecule has 7 rings (SSSR count). The molecule has 0 atom stereocenters. The van der Waals surface area contributed by atoms with Crippen molar-refractivity contribution in [3.63, 3.8) is 0 Å². The topological polar surface area (TPSA) is 133 Å². The van der Waals surface area contributed by atoms with E-state index in [4.69, 9.17) is 45.6 Å². The third-order valence-electron chi connectivity index (χ3n) is 9.84. The average Bonchev–Trinajstić information content (AvgIpc) is 3.26. The Morgan fingerprint density at radius 3 is 0.833 bits per heavy atom. The molecule has 6 aromatic carbocycles. The number of nitrogens with two attached hydrogens (primary N) is 3. The molecule has 0 aromatic heterocycles. The van der Waals surface area contributed by atoms with Crippen molar-refractivity contribution < 1.29 is 28.4 Å². The van der Waals surface area contributed by atoms with Gasteiger partial charge in [-0.25, -0.2) is 0 Å². The van der Waals surface area contributed by atoms with Crippen molar-refractivity contribution in [3.8, 4) is 51.7 Å². The molecule has 0 unspecified atom stereocenters. The van der Waals surface area contributed by atoms with Gasteiger partial charge in [0.1, 0.15) is 17.2 Å². The van der Waals surface area contributed by atoms with Crippen LogP contribution in [0.3, 0.4) is 0 Å². The minimum absolute atomic E-state index is 0.344. The molecule has 0 saturated carbocycles. The van der Waals surface area contributed by atoms with Crippen LogP contribution in [0.2, 0.25) is 0 Å². The van der Waals surface area contributed by atoms with E-state index in [2.05, 4.69) is 36.4 Å². The van der Waals surface area contributed by atoms with Crippen LogP contribution in [-0.2, 0) is 38.9 Å². The zero-order chi connectivity index (χ0) is 37.6. The SMILES string of the molecule is COc1cc2c(cc1Oc1ccccc1CN)Cc1cc(OC)c(Oc3ccccc3CN)cc1Cc1cc(OC)c(Oc3ccccc3CN)cc1C2. The molecule has 0 bridgehead atoms. The van der Waals surface area contributed by atoms with Crippen LogP contribution in [-0.4, -0.2) is 21.3 Å². The molecule has 0 fully saturated rings. The minimum atomic E-state index is 0.344. The molecule has 9 nitrogen and oxygen atoms in total. The first-order valence-corrected chi connectivity index (χ1v) is 17.9. The monoisotopic (exact) mass is 723 g/mol. The third kappa shape index (κ3) is 7.56. The quantitative estimate of drug-likeness (QED) is 0.113. The van der Waals surface area contributed by atoms with Gasteiger partial charge in [-0.05, 0) is 107 Å². The van der Waals surface area contributed by atoms with Crippen LogP contribution in [0.1, 0.15) is 50.1 Å². The predicted molar refractivity (Wildman–Crippen MR) is 211 cm³/mol. The molecular formula is C45H45N3O6. The summed E-state index contributed by atoms with van der Waals surface area (Å²) in [6, 6.07) is 35.7. The van der Waals surface area contributed by atoms with Crippen molar-refractivity contribution in [2.24, 2.45) is 17.2 Å². The van der Waals surface area contributed by atoms with Gasteiger partial charge in [-0.2, -0.15) is 0 Å². The second-order valence-corrected chi connectivity index (χ2v) is 13.1. The van der Waals surface area contributed by atoms with Gasteiger partial charge in [0.2, 0.25) is 0 Å². The Balaban J connectivity index is 1.40. The lowest BCUT2D eigenvalue weighted by molar-refractivity contribution is 0.376. The summed E-state index contributed by atoms with van der Waals surface area (Å²) < 4.78 is 37.5. The van der Waals surface area contributed by atoms with Gasteiger partial charge in [0, 0.05) is 36.3 Å². The van der Waals surface area contributed by atoms with Crippen molar-refractivity contribution in [2.75, 3.05) is 21.3 Å².